The Kier molecular flexibility index (Phi) is 4.13. The molecule has 1 amide bonds. The number of piperazine rings is 1. The van der Waals surface area contributed by atoms with E-state index in [0.717, 1.165) is 6.54 Å². The Morgan fingerprint density at radius 2 is 2.19 bits per heavy atom. The second kappa shape index (κ2) is 5.69. The van der Waals surface area contributed by atoms with Crippen LogP contribution in [0.1, 0.15) is 24.2 Å². The molecule has 1 N–H and O–H groups in total. The van der Waals surface area contributed by atoms with Gasteiger partial charge in [-0.3, -0.25) is 14.9 Å². The number of nitrogens with zero attached hydrogens (tertiary/aromatic N) is 2. The second-order valence-corrected chi connectivity index (χ2v) is 5.68. The van der Waals surface area contributed by atoms with Gasteiger partial charge in [0.05, 0.1) is 12.0 Å². The van der Waals surface area contributed by atoms with Crippen molar-refractivity contribution < 1.29 is 14.5 Å². The molecule has 0 radical (unpaired) electrons. The molecule has 21 heavy (non-hydrogen) atoms. The van der Waals surface area contributed by atoms with Crippen molar-refractivity contribution in [2.45, 2.75) is 19.4 Å². The van der Waals surface area contributed by atoms with Crippen LogP contribution >= 0.6 is 0 Å². The van der Waals surface area contributed by atoms with Crippen LogP contribution in [0, 0.1) is 10.1 Å². The van der Waals surface area contributed by atoms with Gasteiger partial charge in [-0.05, 0) is 19.9 Å². The fourth-order valence-corrected chi connectivity index (χ4v) is 2.46. The first-order valence-corrected chi connectivity index (χ1v) is 6.71. The van der Waals surface area contributed by atoms with Crippen molar-refractivity contribution in [3.63, 3.8) is 0 Å². The number of ether oxygens (including phenoxy) is 1. The van der Waals surface area contributed by atoms with Crippen LogP contribution in [0.25, 0.3) is 0 Å². The SMILES string of the molecule is COc1cc(C(=O)N2CCNC(C)(C)C2)ccc1[N+](=O)[O-]. The van der Waals surface area contributed by atoms with Gasteiger partial charge in [0.2, 0.25) is 0 Å². The quantitative estimate of drug-likeness (QED) is 0.673. The maximum absolute atomic E-state index is 12.5. The Morgan fingerprint density at radius 1 is 1.48 bits per heavy atom. The lowest BCUT2D eigenvalue weighted by Gasteiger charge is -2.39. The van der Waals surface area contributed by atoms with E-state index in [1.807, 2.05) is 13.8 Å². The van der Waals surface area contributed by atoms with Crippen LogP contribution in [0.3, 0.4) is 0 Å². The van der Waals surface area contributed by atoms with Gasteiger partial charge in [-0.15, -0.1) is 0 Å². The van der Waals surface area contributed by atoms with Crippen LogP contribution in [-0.2, 0) is 0 Å². The first-order valence-electron chi connectivity index (χ1n) is 6.71. The van der Waals surface area contributed by atoms with Gasteiger partial charge in [0, 0.05) is 42.9 Å². The number of benzene rings is 1. The van der Waals surface area contributed by atoms with Crippen molar-refractivity contribution in [1.82, 2.24) is 10.2 Å². The van der Waals surface area contributed by atoms with E-state index in [4.69, 9.17) is 4.74 Å². The summed E-state index contributed by atoms with van der Waals surface area (Å²) in [7, 11) is 1.35. The van der Waals surface area contributed by atoms with Crippen molar-refractivity contribution in [3.8, 4) is 5.75 Å². The number of carbonyl (C=O) groups excluding carboxylic acids is 1. The minimum Gasteiger partial charge on any atom is -0.490 e. The summed E-state index contributed by atoms with van der Waals surface area (Å²) in [4.78, 5) is 24.6. The molecule has 114 valence electrons. The highest BCUT2D eigenvalue weighted by Gasteiger charge is 2.29. The molecule has 1 saturated heterocycles. The number of carbonyl (C=O) groups is 1. The molecule has 1 heterocycles. The van der Waals surface area contributed by atoms with Crippen molar-refractivity contribution >= 4 is 11.6 Å². The zero-order valence-electron chi connectivity index (χ0n) is 12.4. The molecule has 1 fully saturated rings. The predicted octanol–water partition coefficient (Wildman–Crippen LogP) is 1.43. The molecular weight excluding hydrogens is 274 g/mol. The summed E-state index contributed by atoms with van der Waals surface area (Å²) < 4.78 is 5.00. The second-order valence-electron chi connectivity index (χ2n) is 5.68. The zero-order chi connectivity index (χ0) is 15.6. The van der Waals surface area contributed by atoms with E-state index in [0.29, 0.717) is 18.7 Å². The van der Waals surface area contributed by atoms with Crippen LogP contribution in [-0.4, -0.2) is 48.0 Å². The van der Waals surface area contributed by atoms with E-state index in [2.05, 4.69) is 5.32 Å². The lowest BCUT2D eigenvalue weighted by atomic mass is 10.0. The van der Waals surface area contributed by atoms with Crippen molar-refractivity contribution in [1.29, 1.82) is 0 Å². The number of hydrogen-bond donors (Lipinski definition) is 1. The maximum atomic E-state index is 12.5. The number of hydrogen-bond acceptors (Lipinski definition) is 5. The van der Waals surface area contributed by atoms with Crippen LogP contribution in [0.15, 0.2) is 18.2 Å². The summed E-state index contributed by atoms with van der Waals surface area (Å²) in [5.74, 6) is -0.0435. The normalized spacial score (nSPS) is 17.4. The van der Waals surface area contributed by atoms with Crippen molar-refractivity contribution in [2.24, 2.45) is 0 Å². The van der Waals surface area contributed by atoms with E-state index in [9.17, 15) is 14.9 Å². The number of nitrogens with one attached hydrogen (secondary N) is 1. The van der Waals surface area contributed by atoms with Crippen LogP contribution in [0.4, 0.5) is 5.69 Å². The molecule has 7 nitrogen and oxygen atoms in total. The summed E-state index contributed by atoms with van der Waals surface area (Å²) in [5.41, 5.74) is 0.114. The standard InChI is InChI=1S/C14H19N3O4/c1-14(2)9-16(7-6-15-14)13(18)10-4-5-11(17(19)20)12(8-10)21-3/h4-5,8,15H,6-7,9H2,1-3H3. The van der Waals surface area contributed by atoms with Crippen LogP contribution in [0.2, 0.25) is 0 Å². The smallest absolute Gasteiger partial charge is 0.310 e. The summed E-state index contributed by atoms with van der Waals surface area (Å²) in [6, 6.07) is 4.20. The lowest BCUT2D eigenvalue weighted by molar-refractivity contribution is -0.385. The number of methoxy groups -OCH3 is 1. The Balaban J connectivity index is 2.25. The van der Waals surface area contributed by atoms with E-state index < -0.39 is 4.92 Å². The number of amides is 1. The van der Waals surface area contributed by atoms with Crippen LogP contribution < -0.4 is 10.1 Å². The average molecular weight is 293 g/mol. The molecule has 0 atom stereocenters. The van der Waals surface area contributed by atoms with Gasteiger partial charge in [-0.2, -0.15) is 0 Å². The molecule has 0 aliphatic carbocycles. The van der Waals surface area contributed by atoms with Gasteiger partial charge in [0.1, 0.15) is 0 Å². The Morgan fingerprint density at radius 3 is 2.76 bits per heavy atom. The predicted molar refractivity (Wildman–Crippen MR) is 77.6 cm³/mol. The molecule has 1 aliphatic rings. The van der Waals surface area contributed by atoms with Gasteiger partial charge in [0.15, 0.2) is 5.75 Å². The van der Waals surface area contributed by atoms with E-state index >= 15 is 0 Å². The first-order chi connectivity index (χ1) is 9.84. The lowest BCUT2D eigenvalue weighted by Crippen LogP contribution is -2.58. The van der Waals surface area contributed by atoms with Gasteiger partial charge in [0.25, 0.3) is 5.91 Å². The van der Waals surface area contributed by atoms with Crippen molar-refractivity contribution in [2.75, 3.05) is 26.7 Å². The highest BCUT2D eigenvalue weighted by Crippen LogP contribution is 2.28. The topological polar surface area (TPSA) is 84.7 Å². The summed E-state index contributed by atoms with van der Waals surface area (Å²) >= 11 is 0. The van der Waals surface area contributed by atoms with Gasteiger partial charge < -0.3 is 15.0 Å². The maximum Gasteiger partial charge on any atom is 0.310 e. The molecule has 0 bridgehead atoms. The third kappa shape index (κ3) is 3.30. The van der Waals surface area contributed by atoms with E-state index in [-0.39, 0.29) is 22.9 Å². The van der Waals surface area contributed by atoms with Gasteiger partial charge in [-0.25, -0.2) is 0 Å². The highest BCUT2D eigenvalue weighted by atomic mass is 16.6. The number of rotatable bonds is 3. The number of nitro groups is 1. The van der Waals surface area contributed by atoms with Gasteiger partial charge in [-0.1, -0.05) is 0 Å². The molecule has 7 heteroatoms. The fraction of sp³-hybridized carbons (Fsp3) is 0.500. The Labute approximate surface area is 123 Å². The third-order valence-electron chi connectivity index (χ3n) is 3.48. The Bertz CT molecular complexity index is 571. The molecule has 1 aromatic carbocycles. The molecule has 0 saturated carbocycles. The van der Waals surface area contributed by atoms with E-state index in [1.165, 1.54) is 25.3 Å². The summed E-state index contributed by atoms with van der Waals surface area (Å²) in [6.07, 6.45) is 0. The average Bonchev–Trinajstić information content (AvgIpc) is 2.44. The highest BCUT2D eigenvalue weighted by molar-refractivity contribution is 5.95. The molecule has 2 rings (SSSR count). The number of nitro benzene ring substituents is 1. The largest absolute Gasteiger partial charge is 0.490 e. The van der Waals surface area contributed by atoms with Gasteiger partial charge >= 0.3 is 5.69 Å². The molecular formula is C14H19N3O4. The monoisotopic (exact) mass is 293 g/mol. The molecule has 1 aliphatic heterocycles. The molecule has 0 spiro atoms. The minimum absolute atomic E-state index is 0.0974. The molecule has 0 unspecified atom stereocenters. The minimum atomic E-state index is -0.527. The Hall–Kier alpha value is -2.15. The fourth-order valence-electron chi connectivity index (χ4n) is 2.46. The third-order valence-corrected chi connectivity index (χ3v) is 3.48. The molecule has 1 aromatic rings. The summed E-state index contributed by atoms with van der Waals surface area (Å²) in [5, 5.41) is 14.2. The summed E-state index contributed by atoms with van der Waals surface area (Å²) in [6.45, 7) is 5.99. The van der Waals surface area contributed by atoms with E-state index in [1.54, 1.807) is 4.90 Å². The first kappa shape index (κ1) is 15.2. The van der Waals surface area contributed by atoms with Crippen molar-refractivity contribution in [3.05, 3.63) is 33.9 Å². The van der Waals surface area contributed by atoms with Crippen LogP contribution in [0.5, 0.6) is 5.75 Å². The molecule has 0 aromatic heterocycles. The zero-order valence-corrected chi connectivity index (χ0v) is 12.4.